The topological polar surface area (TPSA) is 65.4 Å². The van der Waals surface area contributed by atoms with Crippen LogP contribution in [0.3, 0.4) is 0 Å². The molecule has 0 bridgehead atoms. The van der Waals surface area contributed by atoms with Gasteiger partial charge in [0.05, 0.1) is 0 Å². The summed E-state index contributed by atoms with van der Waals surface area (Å²) in [5.41, 5.74) is 0. The minimum absolute atomic E-state index is 0.279. The highest BCUT2D eigenvalue weighted by Crippen LogP contribution is 2.24. The smallest absolute Gasteiger partial charge is 0.119 e. The molecule has 6 nitrogen and oxygen atoms in total. The number of aliphatic hydroxyl groups is 2. The molecule has 0 spiro atoms. The predicted octanol–water partition coefficient (Wildman–Crippen LogP) is 3.69. The van der Waals surface area contributed by atoms with Crippen LogP contribution in [0.5, 0.6) is 11.5 Å². The van der Waals surface area contributed by atoms with E-state index in [0.29, 0.717) is 48.8 Å². The van der Waals surface area contributed by atoms with Crippen molar-refractivity contribution < 1.29 is 19.7 Å². The molecule has 0 radical (unpaired) electrons. The summed E-state index contributed by atoms with van der Waals surface area (Å²) in [5, 5.41) is 20.9. The highest BCUT2D eigenvalue weighted by atomic mass is 16.5. The van der Waals surface area contributed by atoms with Gasteiger partial charge >= 0.3 is 0 Å². The van der Waals surface area contributed by atoms with E-state index in [4.69, 9.17) is 9.47 Å². The zero-order valence-corrected chi connectivity index (χ0v) is 20.4. The molecule has 1 aromatic rings. The minimum atomic E-state index is -0.511. The summed E-state index contributed by atoms with van der Waals surface area (Å²) in [4.78, 5) is 4.79. The number of ether oxygens (including phenoxy) is 2. The van der Waals surface area contributed by atoms with Crippen LogP contribution >= 0.6 is 0 Å². The molecule has 0 saturated carbocycles. The Hall–Kier alpha value is -1.34. The van der Waals surface area contributed by atoms with Crippen LogP contribution in [0.1, 0.15) is 66.2 Å². The number of hydrogen-bond acceptors (Lipinski definition) is 6. The fourth-order valence-corrected chi connectivity index (χ4v) is 5.28. The number of piperidine rings is 2. The van der Waals surface area contributed by atoms with Gasteiger partial charge in [-0.25, -0.2) is 0 Å². The van der Waals surface area contributed by atoms with Crippen molar-refractivity contribution in [2.24, 2.45) is 0 Å². The van der Waals surface area contributed by atoms with E-state index in [1.54, 1.807) is 0 Å². The Labute approximate surface area is 194 Å². The van der Waals surface area contributed by atoms with E-state index in [2.05, 4.69) is 37.5 Å². The molecular weight excluding hydrogens is 404 g/mol. The standard InChI is InChI=1S/C26H44N2O4/c1-19-7-5-8-20(2)27(19)15-23(29)17-31-25-11-13-26(14-12-25)32-18-24(30)16-28-21(3)9-6-10-22(28)4/h11-14,19-24,29-30H,5-10,15-18H2,1-4H3/t19-,20-,21-,22+,23+,24-/m0/s1. The second-order valence-corrected chi connectivity index (χ2v) is 10.1. The average molecular weight is 449 g/mol. The average Bonchev–Trinajstić information content (AvgIpc) is 2.77. The van der Waals surface area contributed by atoms with E-state index in [1.165, 1.54) is 38.5 Å². The van der Waals surface area contributed by atoms with Crippen LogP contribution in [0.15, 0.2) is 24.3 Å². The van der Waals surface area contributed by atoms with Crippen molar-refractivity contribution in [2.75, 3.05) is 26.3 Å². The Morgan fingerprint density at radius 2 is 1.00 bits per heavy atom. The lowest BCUT2D eigenvalue weighted by Crippen LogP contribution is -2.48. The van der Waals surface area contributed by atoms with E-state index >= 15 is 0 Å². The molecule has 1 aromatic carbocycles. The number of aliphatic hydroxyl groups excluding tert-OH is 2. The Kier molecular flexibility index (Phi) is 9.65. The first-order chi connectivity index (χ1) is 15.3. The Bertz CT molecular complexity index is 593. The summed E-state index contributed by atoms with van der Waals surface area (Å²) in [7, 11) is 0. The zero-order valence-electron chi connectivity index (χ0n) is 20.4. The largest absolute Gasteiger partial charge is 0.491 e. The van der Waals surface area contributed by atoms with Crippen molar-refractivity contribution in [3.63, 3.8) is 0 Å². The fraction of sp³-hybridized carbons (Fsp3) is 0.769. The monoisotopic (exact) mass is 448 g/mol. The summed E-state index contributed by atoms with van der Waals surface area (Å²) >= 11 is 0. The van der Waals surface area contributed by atoms with Gasteiger partial charge in [0.25, 0.3) is 0 Å². The van der Waals surface area contributed by atoms with Crippen LogP contribution in [-0.2, 0) is 0 Å². The van der Waals surface area contributed by atoms with Gasteiger partial charge in [0.1, 0.15) is 36.9 Å². The second kappa shape index (κ2) is 12.2. The Morgan fingerprint density at radius 3 is 1.31 bits per heavy atom. The van der Waals surface area contributed by atoms with Gasteiger partial charge in [0.2, 0.25) is 0 Å². The molecule has 0 aromatic heterocycles. The van der Waals surface area contributed by atoms with Crippen LogP contribution in [-0.4, -0.2) is 82.7 Å². The van der Waals surface area contributed by atoms with E-state index < -0.39 is 12.2 Å². The molecule has 6 atom stereocenters. The van der Waals surface area contributed by atoms with Crippen molar-refractivity contribution in [1.82, 2.24) is 9.80 Å². The predicted molar refractivity (Wildman–Crippen MR) is 128 cm³/mol. The van der Waals surface area contributed by atoms with Crippen LogP contribution < -0.4 is 9.47 Å². The van der Waals surface area contributed by atoms with E-state index in [0.717, 1.165) is 0 Å². The first kappa shape index (κ1) is 25.3. The number of rotatable bonds is 10. The molecular formula is C26H44N2O4. The van der Waals surface area contributed by atoms with Crippen molar-refractivity contribution >= 4 is 0 Å². The van der Waals surface area contributed by atoms with Gasteiger partial charge < -0.3 is 19.7 Å². The first-order valence-electron chi connectivity index (χ1n) is 12.6. The molecule has 6 heteroatoms. The molecule has 2 fully saturated rings. The second-order valence-electron chi connectivity index (χ2n) is 10.1. The maximum atomic E-state index is 10.4. The number of nitrogens with zero attached hydrogens (tertiary/aromatic N) is 2. The lowest BCUT2D eigenvalue weighted by Gasteiger charge is -2.40. The highest BCUT2D eigenvalue weighted by Gasteiger charge is 2.27. The molecule has 2 saturated heterocycles. The Morgan fingerprint density at radius 1 is 0.688 bits per heavy atom. The van der Waals surface area contributed by atoms with Gasteiger partial charge in [-0.3, -0.25) is 9.80 Å². The van der Waals surface area contributed by atoms with Crippen LogP contribution in [0.2, 0.25) is 0 Å². The van der Waals surface area contributed by atoms with E-state index in [1.807, 2.05) is 24.3 Å². The minimum Gasteiger partial charge on any atom is -0.491 e. The maximum Gasteiger partial charge on any atom is 0.119 e. The third-order valence-electron chi connectivity index (χ3n) is 7.30. The van der Waals surface area contributed by atoms with Crippen LogP contribution in [0.25, 0.3) is 0 Å². The van der Waals surface area contributed by atoms with Crippen molar-refractivity contribution in [3.8, 4) is 11.5 Å². The third-order valence-corrected chi connectivity index (χ3v) is 7.30. The van der Waals surface area contributed by atoms with Crippen LogP contribution in [0, 0.1) is 0 Å². The fourth-order valence-electron chi connectivity index (χ4n) is 5.28. The molecule has 2 heterocycles. The van der Waals surface area contributed by atoms with E-state index in [9.17, 15) is 10.2 Å². The van der Waals surface area contributed by atoms with Crippen molar-refractivity contribution in [2.45, 2.75) is 103 Å². The molecule has 32 heavy (non-hydrogen) atoms. The molecule has 2 aliphatic rings. The van der Waals surface area contributed by atoms with E-state index in [-0.39, 0.29) is 13.2 Å². The van der Waals surface area contributed by atoms with Gasteiger partial charge in [-0.2, -0.15) is 0 Å². The van der Waals surface area contributed by atoms with Gasteiger partial charge in [0, 0.05) is 37.3 Å². The number of hydrogen-bond donors (Lipinski definition) is 2. The summed E-state index contributed by atoms with van der Waals surface area (Å²) in [6.07, 6.45) is 6.32. The Balaban J connectivity index is 1.38. The van der Waals surface area contributed by atoms with Crippen molar-refractivity contribution in [1.29, 1.82) is 0 Å². The summed E-state index contributed by atoms with van der Waals surface area (Å²) in [5.74, 6) is 1.43. The molecule has 3 rings (SSSR count). The number of benzene rings is 1. The number of β-amino-alcohol motifs (C(OH)–C–C–N with tert-alkyl or cyclic N) is 2. The normalized spacial score (nSPS) is 29.4. The van der Waals surface area contributed by atoms with Crippen molar-refractivity contribution in [3.05, 3.63) is 24.3 Å². The molecule has 2 aliphatic heterocycles. The quantitative estimate of drug-likeness (QED) is 0.569. The summed E-state index contributed by atoms with van der Waals surface area (Å²) < 4.78 is 11.6. The summed E-state index contributed by atoms with van der Waals surface area (Å²) in [6.45, 7) is 10.8. The molecule has 0 amide bonds. The lowest BCUT2D eigenvalue weighted by molar-refractivity contribution is 0.0202. The zero-order chi connectivity index (χ0) is 23.1. The third kappa shape index (κ3) is 7.34. The highest BCUT2D eigenvalue weighted by molar-refractivity contribution is 5.31. The molecule has 2 N–H and O–H groups in total. The summed E-state index contributed by atoms with van der Waals surface area (Å²) in [6, 6.07) is 9.49. The SMILES string of the molecule is C[C@@H]1CCC[C@H](C)N1C[C@H](O)COc1ccc(OC[C@H](O)CN2[C@@H](C)CCC[C@@H]2C)cc1. The molecule has 182 valence electrons. The number of likely N-dealkylation sites (tertiary alicyclic amines) is 2. The van der Waals surface area contributed by atoms with Gasteiger partial charge in [-0.15, -0.1) is 0 Å². The maximum absolute atomic E-state index is 10.4. The van der Waals surface area contributed by atoms with Crippen LogP contribution in [0.4, 0.5) is 0 Å². The van der Waals surface area contributed by atoms with Gasteiger partial charge in [-0.1, -0.05) is 12.8 Å². The molecule has 0 aliphatic carbocycles. The molecule has 0 unspecified atom stereocenters. The van der Waals surface area contributed by atoms with Gasteiger partial charge in [0.15, 0.2) is 0 Å². The van der Waals surface area contributed by atoms with Gasteiger partial charge in [-0.05, 0) is 77.6 Å². The first-order valence-corrected chi connectivity index (χ1v) is 12.6. The lowest BCUT2D eigenvalue weighted by atomic mass is 9.97.